The molecule has 0 spiro atoms. The molecule has 1 rings (SSSR count). The van der Waals surface area contributed by atoms with Gasteiger partial charge in [-0.15, -0.1) is 6.58 Å². The molecule has 0 saturated carbocycles. The SMILES string of the molecule is C=CCSCCNC(=O)c1cccc([N+](=O)[O-])c1O. The van der Waals surface area contributed by atoms with E-state index >= 15 is 0 Å². The second kappa shape index (κ2) is 7.42. The molecule has 102 valence electrons. The molecular weight excluding hydrogens is 268 g/mol. The summed E-state index contributed by atoms with van der Waals surface area (Å²) in [5, 5.41) is 22.9. The van der Waals surface area contributed by atoms with Gasteiger partial charge in [-0.1, -0.05) is 12.1 Å². The van der Waals surface area contributed by atoms with Crippen molar-refractivity contribution in [3.63, 3.8) is 0 Å². The zero-order chi connectivity index (χ0) is 14.3. The summed E-state index contributed by atoms with van der Waals surface area (Å²) in [5.74, 6) is 0.356. The molecule has 0 fully saturated rings. The van der Waals surface area contributed by atoms with Gasteiger partial charge in [0, 0.05) is 24.1 Å². The molecule has 0 atom stereocenters. The Morgan fingerprint density at radius 2 is 2.32 bits per heavy atom. The molecule has 0 aliphatic heterocycles. The normalized spacial score (nSPS) is 9.89. The monoisotopic (exact) mass is 282 g/mol. The molecule has 0 aliphatic carbocycles. The van der Waals surface area contributed by atoms with Gasteiger partial charge < -0.3 is 10.4 Å². The number of nitro groups is 1. The van der Waals surface area contributed by atoms with Crippen molar-refractivity contribution < 1.29 is 14.8 Å². The Hall–Kier alpha value is -2.02. The highest BCUT2D eigenvalue weighted by molar-refractivity contribution is 7.99. The Morgan fingerprint density at radius 3 is 2.95 bits per heavy atom. The first-order valence-corrected chi connectivity index (χ1v) is 6.66. The Labute approximate surface area is 114 Å². The first kappa shape index (κ1) is 15.0. The second-order valence-electron chi connectivity index (χ2n) is 3.55. The van der Waals surface area contributed by atoms with Gasteiger partial charge in [-0.05, 0) is 6.07 Å². The maximum atomic E-state index is 11.7. The van der Waals surface area contributed by atoms with E-state index in [9.17, 15) is 20.0 Å². The number of hydrogen-bond acceptors (Lipinski definition) is 5. The number of para-hydroxylation sites is 1. The van der Waals surface area contributed by atoms with Crippen LogP contribution in [0.4, 0.5) is 5.69 Å². The van der Waals surface area contributed by atoms with E-state index in [0.29, 0.717) is 12.3 Å². The molecular formula is C12H14N2O4S. The van der Waals surface area contributed by atoms with Gasteiger partial charge in [-0.25, -0.2) is 0 Å². The van der Waals surface area contributed by atoms with Gasteiger partial charge in [0.1, 0.15) is 0 Å². The van der Waals surface area contributed by atoms with E-state index < -0.39 is 22.3 Å². The zero-order valence-corrected chi connectivity index (χ0v) is 11.0. The van der Waals surface area contributed by atoms with E-state index in [0.717, 1.165) is 11.8 Å². The number of rotatable bonds is 7. The van der Waals surface area contributed by atoms with Gasteiger partial charge >= 0.3 is 5.69 Å². The van der Waals surface area contributed by atoms with Crippen molar-refractivity contribution >= 4 is 23.4 Å². The van der Waals surface area contributed by atoms with Crippen molar-refractivity contribution in [1.82, 2.24) is 5.32 Å². The lowest BCUT2D eigenvalue weighted by atomic mass is 10.1. The number of aromatic hydroxyl groups is 1. The predicted molar refractivity (Wildman–Crippen MR) is 74.6 cm³/mol. The van der Waals surface area contributed by atoms with E-state index in [2.05, 4.69) is 11.9 Å². The molecule has 1 aromatic carbocycles. The van der Waals surface area contributed by atoms with Gasteiger partial charge in [0.2, 0.25) is 5.75 Å². The second-order valence-corrected chi connectivity index (χ2v) is 4.70. The number of nitrogens with zero attached hydrogens (tertiary/aromatic N) is 1. The minimum Gasteiger partial charge on any atom is -0.502 e. The number of nitro benzene ring substituents is 1. The zero-order valence-electron chi connectivity index (χ0n) is 10.2. The lowest BCUT2D eigenvalue weighted by Crippen LogP contribution is -2.25. The van der Waals surface area contributed by atoms with Crippen LogP contribution in [0.5, 0.6) is 5.75 Å². The molecule has 0 unspecified atom stereocenters. The highest BCUT2D eigenvalue weighted by atomic mass is 32.2. The Kier molecular flexibility index (Phi) is 5.87. The molecule has 2 N–H and O–H groups in total. The summed E-state index contributed by atoms with van der Waals surface area (Å²) in [6.07, 6.45) is 1.76. The average Bonchev–Trinajstić information content (AvgIpc) is 2.38. The molecule has 6 nitrogen and oxygen atoms in total. The quantitative estimate of drug-likeness (QED) is 0.345. The van der Waals surface area contributed by atoms with Crippen LogP contribution in [0.2, 0.25) is 0 Å². The van der Waals surface area contributed by atoms with Crippen LogP contribution in [-0.4, -0.2) is 34.0 Å². The van der Waals surface area contributed by atoms with Crippen LogP contribution in [0.3, 0.4) is 0 Å². The van der Waals surface area contributed by atoms with Crippen LogP contribution < -0.4 is 5.32 Å². The molecule has 0 heterocycles. The molecule has 19 heavy (non-hydrogen) atoms. The van der Waals surface area contributed by atoms with Crippen LogP contribution in [0.15, 0.2) is 30.9 Å². The number of phenols is 1. The number of benzene rings is 1. The number of nitrogens with one attached hydrogen (secondary N) is 1. The maximum absolute atomic E-state index is 11.7. The first-order chi connectivity index (χ1) is 9.07. The topological polar surface area (TPSA) is 92.5 Å². The van der Waals surface area contributed by atoms with Gasteiger partial charge in [-0.3, -0.25) is 14.9 Å². The fourth-order valence-electron chi connectivity index (χ4n) is 1.36. The molecule has 1 aromatic rings. The molecule has 0 aliphatic rings. The van der Waals surface area contributed by atoms with Gasteiger partial charge in [0.25, 0.3) is 5.91 Å². The molecule has 1 amide bonds. The van der Waals surface area contributed by atoms with Crippen molar-refractivity contribution in [3.8, 4) is 5.75 Å². The Bertz CT molecular complexity index is 491. The number of carbonyl (C=O) groups excluding carboxylic acids is 1. The van der Waals surface area contributed by atoms with E-state index in [-0.39, 0.29) is 5.56 Å². The molecule has 0 saturated heterocycles. The van der Waals surface area contributed by atoms with Crippen molar-refractivity contribution in [2.45, 2.75) is 0 Å². The number of amides is 1. The smallest absolute Gasteiger partial charge is 0.311 e. The third-order valence-corrected chi connectivity index (χ3v) is 3.19. The highest BCUT2D eigenvalue weighted by Gasteiger charge is 2.20. The van der Waals surface area contributed by atoms with Crippen LogP contribution >= 0.6 is 11.8 Å². The van der Waals surface area contributed by atoms with E-state index in [1.807, 2.05) is 0 Å². The van der Waals surface area contributed by atoms with Crippen molar-refractivity contribution in [2.24, 2.45) is 0 Å². The van der Waals surface area contributed by atoms with E-state index in [1.165, 1.54) is 12.1 Å². The summed E-state index contributed by atoms with van der Waals surface area (Å²) in [6, 6.07) is 3.85. The van der Waals surface area contributed by atoms with Crippen molar-refractivity contribution in [1.29, 1.82) is 0 Å². The molecule has 0 bridgehead atoms. The highest BCUT2D eigenvalue weighted by Crippen LogP contribution is 2.28. The van der Waals surface area contributed by atoms with Gasteiger partial charge in [-0.2, -0.15) is 11.8 Å². The Balaban J connectivity index is 2.64. The molecule has 0 aromatic heterocycles. The summed E-state index contributed by atoms with van der Waals surface area (Å²) in [4.78, 5) is 21.6. The lowest BCUT2D eigenvalue weighted by molar-refractivity contribution is -0.385. The van der Waals surface area contributed by atoms with Crippen LogP contribution in [-0.2, 0) is 0 Å². The maximum Gasteiger partial charge on any atom is 0.311 e. The first-order valence-electron chi connectivity index (χ1n) is 5.51. The Morgan fingerprint density at radius 1 is 1.58 bits per heavy atom. The summed E-state index contributed by atoms with van der Waals surface area (Å²) in [7, 11) is 0. The van der Waals surface area contributed by atoms with Gasteiger partial charge in [0.15, 0.2) is 0 Å². The summed E-state index contributed by atoms with van der Waals surface area (Å²) >= 11 is 1.60. The molecule has 0 radical (unpaired) electrons. The molecule has 7 heteroatoms. The minimum absolute atomic E-state index is 0.0945. The van der Waals surface area contributed by atoms with Crippen molar-refractivity contribution in [2.75, 3.05) is 18.1 Å². The fraction of sp³-hybridized carbons (Fsp3) is 0.250. The predicted octanol–water partition coefficient (Wildman–Crippen LogP) is 1.95. The third-order valence-electron chi connectivity index (χ3n) is 2.22. The summed E-state index contributed by atoms with van der Waals surface area (Å²) in [5.41, 5.74) is -0.573. The number of thioether (sulfide) groups is 1. The largest absolute Gasteiger partial charge is 0.502 e. The van der Waals surface area contributed by atoms with Crippen LogP contribution in [0.25, 0.3) is 0 Å². The van der Waals surface area contributed by atoms with Crippen LogP contribution in [0.1, 0.15) is 10.4 Å². The fourth-order valence-corrected chi connectivity index (χ4v) is 1.94. The summed E-state index contributed by atoms with van der Waals surface area (Å²) < 4.78 is 0. The standard InChI is InChI=1S/C12H14N2O4S/c1-2-7-19-8-6-13-12(16)9-4-3-5-10(11(9)15)14(17)18/h2-5,15H,1,6-8H2,(H,13,16). The average molecular weight is 282 g/mol. The lowest BCUT2D eigenvalue weighted by Gasteiger charge is -2.06. The van der Waals surface area contributed by atoms with Crippen LogP contribution in [0, 0.1) is 10.1 Å². The van der Waals surface area contributed by atoms with E-state index in [4.69, 9.17) is 0 Å². The number of phenolic OH excluding ortho intramolecular Hbond substituents is 1. The minimum atomic E-state index is -0.730. The summed E-state index contributed by atoms with van der Waals surface area (Å²) in [6.45, 7) is 3.99. The third kappa shape index (κ3) is 4.29. The van der Waals surface area contributed by atoms with Crippen molar-refractivity contribution in [3.05, 3.63) is 46.5 Å². The number of carbonyl (C=O) groups is 1. The van der Waals surface area contributed by atoms with Gasteiger partial charge in [0.05, 0.1) is 10.5 Å². The number of hydrogen-bond donors (Lipinski definition) is 2. The van der Waals surface area contributed by atoms with E-state index in [1.54, 1.807) is 17.8 Å².